The molecule has 170 valence electrons. The van der Waals surface area contributed by atoms with E-state index in [0.29, 0.717) is 56.1 Å². The largest absolute Gasteiger partial charge is 0.609 e. The van der Waals surface area contributed by atoms with E-state index < -0.39 is 22.8 Å². The molecule has 3 aromatic rings. The van der Waals surface area contributed by atoms with Crippen LogP contribution in [0.15, 0.2) is 47.8 Å². The van der Waals surface area contributed by atoms with Crippen molar-refractivity contribution in [1.29, 1.82) is 0 Å². The van der Waals surface area contributed by atoms with Crippen LogP contribution in [-0.2, 0) is 35.9 Å². The maximum absolute atomic E-state index is 12.7. The number of hydrogen-bond donors (Lipinski definition) is 1. The molecule has 2 aliphatic heterocycles. The minimum Gasteiger partial charge on any atom is -0.609 e. The van der Waals surface area contributed by atoms with E-state index in [9.17, 15) is 4.55 Å². The van der Waals surface area contributed by atoms with Crippen LogP contribution in [0, 0.1) is 0 Å². The van der Waals surface area contributed by atoms with Gasteiger partial charge in [0.15, 0.2) is 11.5 Å². The molecule has 2 aromatic heterocycles. The summed E-state index contributed by atoms with van der Waals surface area (Å²) in [7, 11) is 0. The van der Waals surface area contributed by atoms with E-state index in [1.165, 1.54) is 0 Å². The zero-order valence-electron chi connectivity index (χ0n) is 17.7. The SMILES string of the molecule is CC1(CCOc2ccnc(C[S+]([O-])c3nc4ccccc4[nH]3)c2)OCC2(CO1)OCCO2. The highest BCUT2D eigenvalue weighted by Gasteiger charge is 2.46. The molecule has 5 rings (SSSR count). The minimum atomic E-state index is -1.34. The Morgan fingerprint density at radius 2 is 1.91 bits per heavy atom. The van der Waals surface area contributed by atoms with Gasteiger partial charge in [-0.25, -0.2) is 0 Å². The van der Waals surface area contributed by atoms with E-state index >= 15 is 0 Å². The summed E-state index contributed by atoms with van der Waals surface area (Å²) in [5.74, 6) is -0.645. The van der Waals surface area contributed by atoms with Gasteiger partial charge in [-0.2, -0.15) is 4.98 Å². The molecule has 1 unspecified atom stereocenters. The first kappa shape index (κ1) is 21.6. The highest BCUT2D eigenvalue weighted by molar-refractivity contribution is 7.90. The topological polar surface area (TPSA) is 111 Å². The van der Waals surface area contributed by atoms with Gasteiger partial charge in [0.1, 0.15) is 19.0 Å². The number of nitrogens with one attached hydrogen (secondary N) is 1. The first-order valence-electron chi connectivity index (χ1n) is 10.5. The van der Waals surface area contributed by atoms with Gasteiger partial charge in [-0.05, 0) is 25.1 Å². The Balaban J connectivity index is 1.14. The van der Waals surface area contributed by atoms with Crippen LogP contribution >= 0.6 is 0 Å². The monoisotopic (exact) mass is 459 g/mol. The highest BCUT2D eigenvalue weighted by Crippen LogP contribution is 2.32. The summed E-state index contributed by atoms with van der Waals surface area (Å²) in [6, 6.07) is 11.2. The number of ether oxygens (including phenoxy) is 5. The van der Waals surface area contributed by atoms with E-state index in [0.717, 1.165) is 11.0 Å². The molecule has 0 bridgehead atoms. The lowest BCUT2D eigenvalue weighted by Gasteiger charge is -2.41. The van der Waals surface area contributed by atoms with Crippen molar-refractivity contribution in [2.45, 2.75) is 35.8 Å². The van der Waals surface area contributed by atoms with E-state index in [1.807, 2.05) is 31.2 Å². The molecule has 2 aliphatic rings. The van der Waals surface area contributed by atoms with Gasteiger partial charge in [0, 0.05) is 29.9 Å². The third-order valence-corrected chi connectivity index (χ3v) is 6.67. The minimum absolute atomic E-state index is 0.239. The number of imidazole rings is 1. The fourth-order valence-corrected chi connectivity index (χ4v) is 4.62. The molecule has 0 amide bonds. The smallest absolute Gasteiger partial charge is 0.322 e. The Bertz CT molecular complexity index is 1030. The van der Waals surface area contributed by atoms with Crippen LogP contribution < -0.4 is 4.74 Å². The molecular formula is C22H25N3O6S. The van der Waals surface area contributed by atoms with Crippen molar-refractivity contribution < 1.29 is 28.2 Å². The van der Waals surface area contributed by atoms with Crippen LogP contribution in [0.1, 0.15) is 19.0 Å². The Morgan fingerprint density at radius 3 is 2.69 bits per heavy atom. The number of H-pyrrole nitrogens is 1. The van der Waals surface area contributed by atoms with E-state index in [1.54, 1.807) is 18.3 Å². The molecule has 32 heavy (non-hydrogen) atoms. The molecule has 1 aromatic carbocycles. The molecule has 0 aliphatic carbocycles. The summed E-state index contributed by atoms with van der Waals surface area (Å²) >= 11 is -1.34. The van der Waals surface area contributed by atoms with Gasteiger partial charge in [0.2, 0.25) is 5.79 Å². The first-order chi connectivity index (χ1) is 15.5. The average Bonchev–Trinajstić information content (AvgIpc) is 3.44. The second-order valence-corrected chi connectivity index (χ2v) is 9.32. The summed E-state index contributed by atoms with van der Waals surface area (Å²) in [6.45, 7) is 4.04. The summed E-state index contributed by atoms with van der Waals surface area (Å²) in [4.78, 5) is 11.8. The zero-order valence-corrected chi connectivity index (χ0v) is 18.6. The Kier molecular flexibility index (Phi) is 6.06. The van der Waals surface area contributed by atoms with Gasteiger partial charge in [0.05, 0.1) is 36.5 Å². The second-order valence-electron chi connectivity index (χ2n) is 7.95. The van der Waals surface area contributed by atoms with Crippen LogP contribution in [0.25, 0.3) is 11.0 Å². The van der Waals surface area contributed by atoms with Gasteiger partial charge in [0.25, 0.3) is 0 Å². The molecule has 0 radical (unpaired) electrons. The molecule has 1 spiro atoms. The summed E-state index contributed by atoms with van der Waals surface area (Å²) in [6.07, 6.45) is 2.18. The van der Waals surface area contributed by atoms with Gasteiger partial charge in [-0.3, -0.25) is 9.97 Å². The molecule has 10 heteroatoms. The average molecular weight is 460 g/mol. The van der Waals surface area contributed by atoms with Gasteiger partial charge < -0.3 is 28.2 Å². The number of rotatable bonds is 7. The number of pyridine rings is 1. The van der Waals surface area contributed by atoms with Crippen molar-refractivity contribution in [3.63, 3.8) is 0 Å². The van der Waals surface area contributed by atoms with Gasteiger partial charge >= 0.3 is 5.16 Å². The standard InChI is InChI=1S/C22H25N3O6S/c1-21(30-14-22(15-31-21)28-10-11-29-22)7-9-27-17-6-8-23-16(12-17)13-32(26)20-24-18-4-2-3-5-19(18)25-20/h2-6,8,12H,7,9-11,13-15H2,1H3,(H,24,25). The Hall–Kier alpha value is -2.21. The van der Waals surface area contributed by atoms with Crippen LogP contribution in [-0.4, -0.2) is 64.1 Å². The first-order valence-corrected chi connectivity index (χ1v) is 11.8. The molecular weight excluding hydrogens is 434 g/mol. The predicted molar refractivity (Wildman–Crippen MR) is 115 cm³/mol. The van der Waals surface area contributed by atoms with E-state index in [2.05, 4.69) is 15.0 Å². The molecule has 4 heterocycles. The summed E-state index contributed by atoms with van der Waals surface area (Å²) in [5, 5.41) is 0.437. The lowest BCUT2D eigenvalue weighted by atomic mass is 10.2. The van der Waals surface area contributed by atoms with Crippen molar-refractivity contribution in [1.82, 2.24) is 15.0 Å². The fraction of sp³-hybridized carbons (Fsp3) is 0.455. The molecule has 1 N–H and O–H groups in total. The molecule has 1 atom stereocenters. The maximum Gasteiger partial charge on any atom is 0.322 e. The van der Waals surface area contributed by atoms with Crippen molar-refractivity contribution in [2.24, 2.45) is 0 Å². The highest BCUT2D eigenvalue weighted by atomic mass is 32.2. The lowest BCUT2D eigenvalue weighted by Crippen LogP contribution is -2.53. The summed E-state index contributed by atoms with van der Waals surface area (Å²) < 4.78 is 41.6. The number of nitrogens with zero attached hydrogens (tertiary/aromatic N) is 2. The second kappa shape index (κ2) is 8.97. The third-order valence-electron chi connectivity index (χ3n) is 5.48. The number of fused-ring (bicyclic) bond motifs is 1. The number of aromatic amines is 1. The van der Waals surface area contributed by atoms with E-state index in [-0.39, 0.29) is 5.75 Å². The van der Waals surface area contributed by atoms with Gasteiger partial charge in [-0.15, -0.1) is 0 Å². The number of hydrogen-bond acceptors (Lipinski definition) is 8. The molecule has 2 fully saturated rings. The van der Waals surface area contributed by atoms with Crippen LogP contribution in [0.2, 0.25) is 0 Å². The Labute approximate surface area is 188 Å². The van der Waals surface area contributed by atoms with Crippen LogP contribution in [0.5, 0.6) is 5.75 Å². The lowest BCUT2D eigenvalue weighted by molar-refractivity contribution is -0.358. The quantitative estimate of drug-likeness (QED) is 0.537. The molecule has 9 nitrogen and oxygen atoms in total. The van der Waals surface area contributed by atoms with Crippen LogP contribution in [0.3, 0.4) is 0 Å². The maximum atomic E-state index is 12.7. The number of aromatic nitrogens is 3. The van der Waals surface area contributed by atoms with Crippen molar-refractivity contribution in [2.75, 3.05) is 33.0 Å². The zero-order chi connectivity index (χ0) is 22.0. The van der Waals surface area contributed by atoms with Crippen molar-refractivity contribution in [3.05, 3.63) is 48.3 Å². The fourth-order valence-electron chi connectivity index (χ4n) is 3.64. The molecule has 2 saturated heterocycles. The number of benzene rings is 1. The van der Waals surface area contributed by atoms with Crippen LogP contribution in [0.4, 0.5) is 0 Å². The van der Waals surface area contributed by atoms with Gasteiger partial charge in [-0.1, -0.05) is 12.1 Å². The van der Waals surface area contributed by atoms with Crippen molar-refractivity contribution >= 4 is 22.2 Å². The normalized spacial score (nSPS) is 20.6. The third kappa shape index (κ3) is 4.75. The van der Waals surface area contributed by atoms with Crippen molar-refractivity contribution in [3.8, 4) is 5.75 Å². The van der Waals surface area contributed by atoms with E-state index in [4.69, 9.17) is 23.7 Å². The molecule has 0 saturated carbocycles. The predicted octanol–water partition coefficient (Wildman–Crippen LogP) is 2.54. The number of para-hydroxylation sites is 2. The Morgan fingerprint density at radius 1 is 1.12 bits per heavy atom. The summed E-state index contributed by atoms with van der Waals surface area (Å²) in [5.41, 5.74) is 2.31.